The maximum Gasteiger partial charge on any atom is 0.180 e. The van der Waals surface area contributed by atoms with Crippen molar-refractivity contribution in [1.82, 2.24) is 20.0 Å². The van der Waals surface area contributed by atoms with Gasteiger partial charge in [0.15, 0.2) is 5.13 Å². The molecule has 0 bridgehead atoms. The van der Waals surface area contributed by atoms with Gasteiger partial charge in [0, 0.05) is 5.38 Å². The van der Waals surface area contributed by atoms with E-state index in [1.165, 1.54) is 16.9 Å². The number of nitrogen functional groups attached to an aromatic ring is 1. The summed E-state index contributed by atoms with van der Waals surface area (Å²) < 4.78 is 1.81. The number of aromatic nitrogens is 4. The van der Waals surface area contributed by atoms with Gasteiger partial charge in [-0.1, -0.05) is 22.9 Å². The molecule has 2 N–H and O–H groups in total. The lowest BCUT2D eigenvalue weighted by molar-refractivity contribution is 0.785. The summed E-state index contributed by atoms with van der Waals surface area (Å²) in [5, 5.41) is 10.8. The Morgan fingerprint density at radius 2 is 1.89 bits per heavy atom. The predicted molar refractivity (Wildman–Crippen MR) is 76.4 cm³/mol. The minimum atomic E-state index is 0.541. The van der Waals surface area contributed by atoms with Gasteiger partial charge >= 0.3 is 0 Å². The number of thiazole rings is 1. The van der Waals surface area contributed by atoms with Gasteiger partial charge in [0.1, 0.15) is 11.4 Å². The van der Waals surface area contributed by atoms with Crippen LogP contribution in [0.1, 0.15) is 11.3 Å². The third-order valence-corrected chi connectivity index (χ3v) is 3.61. The van der Waals surface area contributed by atoms with Gasteiger partial charge in [0.2, 0.25) is 0 Å². The first-order chi connectivity index (χ1) is 9.15. The third kappa shape index (κ3) is 2.10. The Morgan fingerprint density at radius 3 is 2.53 bits per heavy atom. The number of hydrogen-bond donors (Lipinski definition) is 1. The number of benzene rings is 1. The first-order valence-electron chi connectivity index (χ1n) is 5.86. The van der Waals surface area contributed by atoms with Crippen LogP contribution in [0.15, 0.2) is 29.6 Å². The highest BCUT2D eigenvalue weighted by atomic mass is 32.1. The molecule has 3 rings (SSSR count). The van der Waals surface area contributed by atoms with Crippen LogP contribution < -0.4 is 5.73 Å². The summed E-state index contributed by atoms with van der Waals surface area (Å²) in [7, 11) is 0. The van der Waals surface area contributed by atoms with E-state index in [0.29, 0.717) is 5.13 Å². The lowest BCUT2D eigenvalue weighted by Gasteiger charge is -2.03. The second-order valence-electron chi connectivity index (χ2n) is 4.34. The molecule has 0 saturated heterocycles. The van der Waals surface area contributed by atoms with E-state index in [-0.39, 0.29) is 0 Å². The fourth-order valence-corrected chi connectivity index (χ4v) is 2.44. The maximum absolute atomic E-state index is 5.65. The zero-order valence-corrected chi connectivity index (χ0v) is 11.5. The Morgan fingerprint density at radius 1 is 1.16 bits per heavy atom. The molecule has 3 aromatic rings. The summed E-state index contributed by atoms with van der Waals surface area (Å²) >= 11 is 1.40. The van der Waals surface area contributed by atoms with Crippen LogP contribution >= 0.6 is 11.3 Å². The van der Waals surface area contributed by atoms with Crippen molar-refractivity contribution >= 4 is 16.5 Å². The molecule has 0 saturated carbocycles. The van der Waals surface area contributed by atoms with Gasteiger partial charge in [0.25, 0.3) is 0 Å². The standard InChI is InChI=1S/C13H13N5S/c1-8-3-5-10(6-4-8)18-9(2)12(16-17-18)11-7-19-13(14)15-11/h3-7H,1-2H3,(H2,14,15). The quantitative estimate of drug-likeness (QED) is 0.777. The van der Waals surface area contributed by atoms with E-state index in [2.05, 4.69) is 34.4 Å². The molecule has 6 heteroatoms. The van der Waals surface area contributed by atoms with Crippen molar-refractivity contribution in [3.8, 4) is 17.1 Å². The van der Waals surface area contributed by atoms with E-state index in [0.717, 1.165) is 22.8 Å². The van der Waals surface area contributed by atoms with Gasteiger partial charge in [-0.2, -0.15) is 0 Å². The van der Waals surface area contributed by atoms with Crippen LogP contribution in [0.2, 0.25) is 0 Å². The Kier molecular flexibility index (Phi) is 2.79. The molecule has 0 unspecified atom stereocenters. The smallest absolute Gasteiger partial charge is 0.180 e. The van der Waals surface area contributed by atoms with Crippen LogP contribution in [0, 0.1) is 13.8 Å². The van der Waals surface area contributed by atoms with Crippen molar-refractivity contribution in [2.75, 3.05) is 5.73 Å². The van der Waals surface area contributed by atoms with Gasteiger partial charge in [0.05, 0.1) is 11.4 Å². The Hall–Kier alpha value is -2.21. The minimum Gasteiger partial charge on any atom is -0.375 e. The molecule has 0 radical (unpaired) electrons. The summed E-state index contributed by atoms with van der Waals surface area (Å²) in [6.45, 7) is 4.03. The highest BCUT2D eigenvalue weighted by Gasteiger charge is 2.14. The van der Waals surface area contributed by atoms with E-state index >= 15 is 0 Å². The van der Waals surface area contributed by atoms with Crippen molar-refractivity contribution in [3.05, 3.63) is 40.9 Å². The van der Waals surface area contributed by atoms with E-state index in [1.54, 1.807) is 0 Å². The largest absolute Gasteiger partial charge is 0.375 e. The molecule has 0 spiro atoms. The molecule has 0 aliphatic heterocycles. The Bertz CT molecular complexity index is 711. The van der Waals surface area contributed by atoms with Crippen molar-refractivity contribution in [3.63, 3.8) is 0 Å². The molecule has 0 aliphatic carbocycles. The van der Waals surface area contributed by atoms with Crippen LogP contribution in [0.4, 0.5) is 5.13 Å². The fourth-order valence-electron chi connectivity index (χ4n) is 1.89. The van der Waals surface area contributed by atoms with Gasteiger partial charge in [-0.3, -0.25) is 0 Å². The first-order valence-corrected chi connectivity index (χ1v) is 6.74. The van der Waals surface area contributed by atoms with Crippen LogP contribution in [0.3, 0.4) is 0 Å². The number of anilines is 1. The molecule has 5 nitrogen and oxygen atoms in total. The summed E-state index contributed by atoms with van der Waals surface area (Å²) in [5.74, 6) is 0. The number of rotatable bonds is 2. The summed E-state index contributed by atoms with van der Waals surface area (Å²) in [6.07, 6.45) is 0. The number of hydrogen-bond acceptors (Lipinski definition) is 5. The lowest BCUT2D eigenvalue weighted by Crippen LogP contribution is -1.99. The fraction of sp³-hybridized carbons (Fsp3) is 0.154. The van der Waals surface area contributed by atoms with Gasteiger partial charge in [-0.25, -0.2) is 9.67 Å². The van der Waals surface area contributed by atoms with Crippen LogP contribution in [-0.2, 0) is 0 Å². The average molecular weight is 271 g/mol. The van der Waals surface area contributed by atoms with Crippen molar-refractivity contribution in [2.24, 2.45) is 0 Å². The molecule has 0 atom stereocenters. The van der Waals surface area contributed by atoms with Gasteiger partial charge in [-0.05, 0) is 26.0 Å². The van der Waals surface area contributed by atoms with E-state index in [4.69, 9.17) is 5.73 Å². The number of nitrogens with zero attached hydrogens (tertiary/aromatic N) is 4. The Labute approximate surface area is 114 Å². The number of aryl methyl sites for hydroxylation is 1. The molecule has 2 aromatic heterocycles. The molecule has 1 aromatic carbocycles. The second-order valence-corrected chi connectivity index (χ2v) is 5.23. The van der Waals surface area contributed by atoms with Gasteiger partial charge in [-0.15, -0.1) is 16.4 Å². The van der Waals surface area contributed by atoms with Crippen LogP contribution in [0.25, 0.3) is 17.1 Å². The van der Waals surface area contributed by atoms with E-state index in [1.807, 2.05) is 29.1 Å². The van der Waals surface area contributed by atoms with Crippen LogP contribution in [0.5, 0.6) is 0 Å². The van der Waals surface area contributed by atoms with Crippen molar-refractivity contribution in [1.29, 1.82) is 0 Å². The third-order valence-electron chi connectivity index (χ3n) is 2.94. The average Bonchev–Trinajstić information content (AvgIpc) is 2.97. The first kappa shape index (κ1) is 11.9. The summed E-state index contributed by atoms with van der Waals surface area (Å²) in [4.78, 5) is 4.24. The van der Waals surface area contributed by atoms with E-state index in [9.17, 15) is 0 Å². The normalized spacial score (nSPS) is 10.8. The maximum atomic E-state index is 5.65. The van der Waals surface area contributed by atoms with E-state index < -0.39 is 0 Å². The monoisotopic (exact) mass is 271 g/mol. The molecule has 96 valence electrons. The van der Waals surface area contributed by atoms with Crippen LogP contribution in [-0.4, -0.2) is 20.0 Å². The topological polar surface area (TPSA) is 69.6 Å². The van der Waals surface area contributed by atoms with Gasteiger partial charge < -0.3 is 5.73 Å². The highest BCUT2D eigenvalue weighted by molar-refractivity contribution is 7.13. The van der Waals surface area contributed by atoms with Crippen molar-refractivity contribution in [2.45, 2.75) is 13.8 Å². The molecule has 0 fully saturated rings. The molecular formula is C13H13N5S. The molecule has 0 aliphatic rings. The lowest BCUT2D eigenvalue weighted by atomic mass is 10.2. The zero-order chi connectivity index (χ0) is 13.4. The zero-order valence-electron chi connectivity index (χ0n) is 10.7. The molecular weight excluding hydrogens is 258 g/mol. The minimum absolute atomic E-state index is 0.541. The SMILES string of the molecule is Cc1ccc(-n2nnc(-c3csc(N)n3)c2C)cc1. The molecule has 0 amide bonds. The highest BCUT2D eigenvalue weighted by Crippen LogP contribution is 2.25. The summed E-state index contributed by atoms with van der Waals surface area (Å²) in [6, 6.07) is 8.15. The number of nitrogens with two attached hydrogens (primary N) is 1. The predicted octanol–water partition coefficient (Wildman–Crippen LogP) is 2.59. The second kappa shape index (κ2) is 4.47. The van der Waals surface area contributed by atoms with Crippen molar-refractivity contribution < 1.29 is 0 Å². The Balaban J connectivity index is 2.06. The molecule has 2 heterocycles. The summed E-state index contributed by atoms with van der Waals surface area (Å²) in [5.41, 5.74) is 10.4. The molecule has 19 heavy (non-hydrogen) atoms.